The van der Waals surface area contributed by atoms with Crippen LogP contribution in [-0.2, 0) is 0 Å². The Morgan fingerprint density at radius 1 is 1.06 bits per heavy atom. The van der Waals surface area contributed by atoms with E-state index in [1.807, 2.05) is 35.2 Å². The Balaban J connectivity index is 1.59. The van der Waals surface area contributed by atoms with E-state index in [1.54, 1.807) is 0 Å². The van der Waals surface area contributed by atoms with Crippen molar-refractivity contribution in [3.8, 4) is 5.75 Å². The zero-order valence-electron chi connectivity index (χ0n) is 10.5. The Bertz CT molecular complexity index is 396. The number of ether oxygens (including phenoxy) is 1. The molecule has 2 aliphatic rings. The number of hydrogen-bond donors (Lipinski definition) is 0. The lowest BCUT2D eigenvalue weighted by Crippen LogP contribution is -2.36. The first-order valence-electron chi connectivity index (χ1n) is 6.83. The van der Waals surface area contributed by atoms with Gasteiger partial charge in [0.15, 0.2) is 0 Å². The smallest absolute Gasteiger partial charge is 0.410 e. The molecule has 1 aromatic rings. The van der Waals surface area contributed by atoms with Crippen LogP contribution in [0.2, 0.25) is 0 Å². The van der Waals surface area contributed by atoms with Gasteiger partial charge in [0.25, 0.3) is 0 Å². The van der Waals surface area contributed by atoms with Crippen LogP contribution in [0.1, 0.15) is 25.7 Å². The van der Waals surface area contributed by atoms with Crippen LogP contribution in [0.15, 0.2) is 30.3 Å². The molecule has 0 bridgehead atoms. The highest BCUT2D eigenvalue weighted by Gasteiger charge is 2.32. The van der Waals surface area contributed by atoms with Gasteiger partial charge in [0, 0.05) is 13.1 Å². The summed E-state index contributed by atoms with van der Waals surface area (Å²) >= 11 is 0. The molecular weight excluding hydrogens is 226 g/mol. The summed E-state index contributed by atoms with van der Waals surface area (Å²) in [6.45, 7) is 1.75. The zero-order valence-corrected chi connectivity index (χ0v) is 10.5. The highest BCUT2D eigenvalue weighted by Crippen LogP contribution is 2.34. The molecule has 2 aliphatic carbocycles. The van der Waals surface area contributed by atoms with Crippen LogP contribution in [0.3, 0.4) is 0 Å². The van der Waals surface area contributed by atoms with Crippen LogP contribution < -0.4 is 4.74 Å². The molecule has 1 aromatic carbocycles. The fourth-order valence-electron chi connectivity index (χ4n) is 2.10. The minimum atomic E-state index is -0.181. The van der Waals surface area contributed by atoms with E-state index in [2.05, 4.69) is 0 Å². The van der Waals surface area contributed by atoms with Crippen LogP contribution in [0.4, 0.5) is 4.79 Å². The number of carbonyl (C=O) groups excluding carboxylic acids is 1. The van der Waals surface area contributed by atoms with E-state index in [4.69, 9.17) is 4.74 Å². The molecule has 0 N–H and O–H groups in total. The van der Waals surface area contributed by atoms with Crippen molar-refractivity contribution in [3.05, 3.63) is 30.3 Å². The van der Waals surface area contributed by atoms with Crippen molar-refractivity contribution in [2.45, 2.75) is 25.7 Å². The number of hydrogen-bond acceptors (Lipinski definition) is 2. The first-order chi connectivity index (χ1) is 8.81. The van der Waals surface area contributed by atoms with Crippen LogP contribution >= 0.6 is 0 Å². The predicted molar refractivity (Wildman–Crippen MR) is 69.5 cm³/mol. The van der Waals surface area contributed by atoms with Crippen molar-refractivity contribution in [3.63, 3.8) is 0 Å². The van der Waals surface area contributed by atoms with Gasteiger partial charge in [0.1, 0.15) is 5.75 Å². The van der Waals surface area contributed by atoms with Gasteiger partial charge in [-0.3, -0.25) is 0 Å². The average Bonchev–Trinajstić information content (AvgIpc) is 3.24. The number of para-hydroxylation sites is 1. The Morgan fingerprint density at radius 3 is 2.11 bits per heavy atom. The van der Waals surface area contributed by atoms with Gasteiger partial charge < -0.3 is 9.64 Å². The molecule has 0 saturated heterocycles. The molecule has 3 rings (SSSR count). The molecule has 0 aliphatic heterocycles. The Hall–Kier alpha value is -1.51. The summed E-state index contributed by atoms with van der Waals surface area (Å²) in [5.74, 6) is 2.07. The Morgan fingerprint density at radius 2 is 1.61 bits per heavy atom. The fraction of sp³-hybridized carbons (Fsp3) is 0.533. The molecule has 0 aromatic heterocycles. The van der Waals surface area contributed by atoms with E-state index >= 15 is 0 Å². The molecule has 2 fully saturated rings. The average molecular weight is 245 g/mol. The van der Waals surface area contributed by atoms with Crippen LogP contribution in [0.25, 0.3) is 0 Å². The van der Waals surface area contributed by atoms with Gasteiger partial charge in [0.05, 0.1) is 0 Å². The van der Waals surface area contributed by atoms with Crippen molar-refractivity contribution in [2.24, 2.45) is 11.8 Å². The molecule has 0 heterocycles. The molecule has 96 valence electrons. The third kappa shape index (κ3) is 3.25. The maximum absolute atomic E-state index is 12.1. The monoisotopic (exact) mass is 245 g/mol. The van der Waals surface area contributed by atoms with Gasteiger partial charge in [0.2, 0.25) is 0 Å². The van der Waals surface area contributed by atoms with E-state index in [9.17, 15) is 4.79 Å². The molecule has 0 unspecified atom stereocenters. The molecule has 0 spiro atoms. The molecular formula is C15H19NO2. The molecule has 0 atom stereocenters. The quantitative estimate of drug-likeness (QED) is 0.796. The van der Waals surface area contributed by atoms with E-state index in [1.165, 1.54) is 25.7 Å². The standard InChI is InChI=1S/C15H19NO2/c17-15(18-14-4-2-1-3-5-14)16(10-12-6-7-12)11-13-8-9-13/h1-5,12-13H,6-11H2. The number of amides is 1. The van der Waals surface area contributed by atoms with Crippen molar-refractivity contribution < 1.29 is 9.53 Å². The van der Waals surface area contributed by atoms with Gasteiger partial charge in [-0.05, 0) is 49.7 Å². The second kappa shape index (κ2) is 5.01. The normalized spacial score (nSPS) is 18.4. The minimum Gasteiger partial charge on any atom is -0.410 e. The van der Waals surface area contributed by atoms with Crippen molar-refractivity contribution in [1.82, 2.24) is 4.90 Å². The first-order valence-corrected chi connectivity index (χ1v) is 6.83. The van der Waals surface area contributed by atoms with Gasteiger partial charge >= 0.3 is 6.09 Å². The van der Waals surface area contributed by atoms with Crippen LogP contribution in [0, 0.1) is 11.8 Å². The van der Waals surface area contributed by atoms with Gasteiger partial charge in [-0.15, -0.1) is 0 Å². The van der Waals surface area contributed by atoms with Gasteiger partial charge in [-0.25, -0.2) is 4.79 Å². The Labute approximate surface area is 108 Å². The van der Waals surface area contributed by atoms with Crippen molar-refractivity contribution in [1.29, 1.82) is 0 Å². The maximum Gasteiger partial charge on any atom is 0.415 e. The van der Waals surface area contributed by atoms with Crippen LogP contribution in [0.5, 0.6) is 5.75 Å². The summed E-state index contributed by atoms with van der Waals surface area (Å²) in [5.41, 5.74) is 0. The fourth-order valence-corrected chi connectivity index (χ4v) is 2.10. The van der Waals surface area contributed by atoms with Crippen LogP contribution in [-0.4, -0.2) is 24.1 Å². The van der Waals surface area contributed by atoms with Crippen molar-refractivity contribution >= 4 is 6.09 Å². The third-order valence-electron chi connectivity index (χ3n) is 3.56. The summed E-state index contributed by atoms with van der Waals surface area (Å²) < 4.78 is 5.42. The second-order valence-electron chi connectivity index (χ2n) is 5.47. The lowest BCUT2D eigenvalue weighted by atomic mass is 10.3. The summed E-state index contributed by atoms with van der Waals surface area (Å²) in [7, 11) is 0. The van der Waals surface area contributed by atoms with Crippen molar-refractivity contribution in [2.75, 3.05) is 13.1 Å². The molecule has 0 radical (unpaired) electrons. The zero-order chi connectivity index (χ0) is 12.4. The van der Waals surface area contributed by atoms with Gasteiger partial charge in [-0.2, -0.15) is 0 Å². The lowest BCUT2D eigenvalue weighted by molar-refractivity contribution is 0.147. The highest BCUT2D eigenvalue weighted by atomic mass is 16.6. The van der Waals surface area contributed by atoms with E-state index < -0.39 is 0 Å². The Kier molecular flexibility index (Phi) is 3.22. The lowest BCUT2D eigenvalue weighted by Gasteiger charge is -2.21. The maximum atomic E-state index is 12.1. The molecule has 2 saturated carbocycles. The number of benzene rings is 1. The summed E-state index contributed by atoms with van der Waals surface area (Å²) in [6, 6.07) is 9.33. The molecule has 3 nitrogen and oxygen atoms in total. The third-order valence-corrected chi connectivity index (χ3v) is 3.56. The predicted octanol–water partition coefficient (Wildman–Crippen LogP) is 3.31. The molecule has 1 amide bonds. The second-order valence-corrected chi connectivity index (χ2v) is 5.47. The summed E-state index contributed by atoms with van der Waals surface area (Å²) in [4.78, 5) is 14.0. The highest BCUT2D eigenvalue weighted by molar-refractivity contribution is 5.70. The molecule has 3 heteroatoms. The van der Waals surface area contributed by atoms with E-state index in [-0.39, 0.29) is 6.09 Å². The summed E-state index contributed by atoms with van der Waals surface area (Å²) in [5, 5.41) is 0. The summed E-state index contributed by atoms with van der Waals surface area (Å²) in [6.07, 6.45) is 4.87. The van der Waals surface area contributed by atoms with E-state index in [0.717, 1.165) is 13.1 Å². The topological polar surface area (TPSA) is 29.5 Å². The van der Waals surface area contributed by atoms with E-state index in [0.29, 0.717) is 17.6 Å². The number of nitrogens with zero attached hydrogens (tertiary/aromatic N) is 1. The minimum absolute atomic E-state index is 0.181. The SMILES string of the molecule is O=C(Oc1ccccc1)N(CC1CC1)CC1CC1. The van der Waals surface area contributed by atoms with Gasteiger partial charge in [-0.1, -0.05) is 18.2 Å². The first kappa shape index (κ1) is 11.6. The largest absolute Gasteiger partial charge is 0.415 e. The number of rotatable bonds is 5. The molecule has 18 heavy (non-hydrogen) atoms. The number of carbonyl (C=O) groups is 1.